The van der Waals surface area contributed by atoms with E-state index in [1.807, 2.05) is 0 Å². The Bertz CT molecular complexity index is 275. The number of hydrogen-bond donors (Lipinski definition) is 2. The minimum atomic E-state index is 0.0287. The summed E-state index contributed by atoms with van der Waals surface area (Å²) in [6.07, 6.45) is 18.0. The van der Waals surface area contributed by atoms with Crippen LogP contribution in [0.3, 0.4) is 0 Å². The summed E-state index contributed by atoms with van der Waals surface area (Å²) < 4.78 is 1.24. The predicted molar refractivity (Wildman–Crippen MR) is 120 cm³/mol. The number of unbranched alkanes of at least 4 members (excludes halogenated alkanes) is 9. The van der Waals surface area contributed by atoms with Gasteiger partial charge in [-0.05, 0) is 36.0 Å². The third-order valence-electron chi connectivity index (χ3n) is 4.83. The zero-order valence-corrected chi connectivity index (χ0v) is 19.0. The third-order valence-corrected chi connectivity index (χ3v) is 5.59. The highest BCUT2D eigenvalue weighted by molar-refractivity contribution is 14.1. The fourth-order valence-electron chi connectivity index (χ4n) is 3.14. The molecule has 150 valence electrons. The molecule has 0 fully saturated rings. The summed E-state index contributed by atoms with van der Waals surface area (Å²) in [5.41, 5.74) is 0. The summed E-state index contributed by atoms with van der Waals surface area (Å²) in [5.74, 6) is 0.656. The standard InChI is InChI=1S/C21H43IN2O/c1-3-5-7-11-15-20(16-12-8-6-4-2)19-24-21(25)23-18-14-10-9-13-17-22/h20H,3-19H2,1-2H3,(H2,23,24,25). The molecule has 0 radical (unpaired) electrons. The van der Waals surface area contributed by atoms with E-state index in [4.69, 9.17) is 0 Å². The molecule has 0 saturated carbocycles. The number of alkyl halides is 1. The molecular weight excluding hydrogens is 423 g/mol. The number of halogens is 1. The summed E-state index contributed by atoms with van der Waals surface area (Å²) in [6.45, 7) is 6.18. The van der Waals surface area contributed by atoms with Crippen molar-refractivity contribution >= 4 is 28.6 Å². The monoisotopic (exact) mass is 466 g/mol. The molecule has 25 heavy (non-hydrogen) atoms. The molecule has 0 spiro atoms. The van der Waals surface area contributed by atoms with Gasteiger partial charge in [-0.1, -0.05) is 101 Å². The minimum absolute atomic E-state index is 0.0287. The molecule has 0 rings (SSSR count). The van der Waals surface area contributed by atoms with Gasteiger partial charge in [0.05, 0.1) is 0 Å². The number of urea groups is 1. The van der Waals surface area contributed by atoms with Gasteiger partial charge in [-0.2, -0.15) is 0 Å². The predicted octanol–water partition coefficient (Wildman–Crippen LogP) is 6.84. The highest BCUT2D eigenvalue weighted by Crippen LogP contribution is 2.17. The van der Waals surface area contributed by atoms with Crippen LogP contribution in [0.4, 0.5) is 4.79 Å². The normalized spacial score (nSPS) is 11.0. The van der Waals surface area contributed by atoms with E-state index in [2.05, 4.69) is 47.1 Å². The highest BCUT2D eigenvalue weighted by Gasteiger charge is 2.10. The summed E-state index contributed by atoms with van der Waals surface area (Å²) in [6, 6.07) is 0.0287. The van der Waals surface area contributed by atoms with E-state index in [0.717, 1.165) is 19.5 Å². The SMILES string of the molecule is CCCCCCC(CCCCCC)CNC(=O)NCCCCCCI. The van der Waals surface area contributed by atoms with Gasteiger partial charge in [0.2, 0.25) is 0 Å². The van der Waals surface area contributed by atoms with Gasteiger partial charge in [-0.3, -0.25) is 0 Å². The second-order valence-corrected chi connectivity index (χ2v) is 8.38. The second kappa shape index (κ2) is 20.3. The number of hydrogen-bond acceptors (Lipinski definition) is 1. The molecule has 0 aromatic rings. The van der Waals surface area contributed by atoms with Gasteiger partial charge in [0, 0.05) is 13.1 Å². The van der Waals surface area contributed by atoms with Crippen LogP contribution in [0.1, 0.15) is 104 Å². The van der Waals surface area contributed by atoms with Crippen molar-refractivity contribution in [3.05, 3.63) is 0 Å². The summed E-state index contributed by atoms with van der Waals surface area (Å²) in [5, 5.41) is 6.13. The maximum Gasteiger partial charge on any atom is 0.314 e. The molecule has 0 heterocycles. The van der Waals surface area contributed by atoms with Crippen LogP contribution in [0.2, 0.25) is 0 Å². The zero-order valence-electron chi connectivity index (χ0n) is 16.9. The molecule has 0 bridgehead atoms. The second-order valence-electron chi connectivity index (χ2n) is 7.30. The molecule has 0 unspecified atom stereocenters. The van der Waals surface area contributed by atoms with Gasteiger partial charge >= 0.3 is 6.03 Å². The van der Waals surface area contributed by atoms with Crippen molar-refractivity contribution in [3.8, 4) is 0 Å². The van der Waals surface area contributed by atoms with Crippen LogP contribution in [0.5, 0.6) is 0 Å². The molecule has 2 N–H and O–H groups in total. The first kappa shape index (κ1) is 25.0. The molecule has 0 aliphatic heterocycles. The van der Waals surface area contributed by atoms with Crippen LogP contribution in [0, 0.1) is 5.92 Å². The first-order valence-corrected chi connectivity index (χ1v) is 12.3. The number of amides is 2. The fraction of sp³-hybridized carbons (Fsp3) is 0.952. The molecule has 0 aliphatic rings. The van der Waals surface area contributed by atoms with Crippen molar-refractivity contribution in [1.29, 1.82) is 0 Å². The Hall–Kier alpha value is 0. The van der Waals surface area contributed by atoms with Gasteiger partial charge in [-0.15, -0.1) is 0 Å². The molecule has 0 aliphatic carbocycles. The molecule has 0 atom stereocenters. The lowest BCUT2D eigenvalue weighted by Crippen LogP contribution is -2.38. The van der Waals surface area contributed by atoms with E-state index < -0.39 is 0 Å². The highest BCUT2D eigenvalue weighted by atomic mass is 127. The van der Waals surface area contributed by atoms with Crippen LogP contribution in [-0.2, 0) is 0 Å². The van der Waals surface area contributed by atoms with E-state index in [9.17, 15) is 4.79 Å². The van der Waals surface area contributed by atoms with E-state index in [0.29, 0.717) is 5.92 Å². The Balaban J connectivity index is 3.85. The molecule has 2 amide bonds. The quantitative estimate of drug-likeness (QED) is 0.130. The van der Waals surface area contributed by atoms with E-state index >= 15 is 0 Å². The lowest BCUT2D eigenvalue weighted by molar-refractivity contribution is 0.237. The summed E-state index contributed by atoms with van der Waals surface area (Å²) in [7, 11) is 0. The Morgan fingerprint density at radius 3 is 1.88 bits per heavy atom. The van der Waals surface area contributed by atoms with Crippen molar-refractivity contribution in [2.45, 2.75) is 104 Å². The topological polar surface area (TPSA) is 41.1 Å². The van der Waals surface area contributed by atoms with Crippen molar-refractivity contribution < 1.29 is 4.79 Å². The number of carbonyl (C=O) groups excluding carboxylic acids is 1. The van der Waals surface area contributed by atoms with Gasteiger partial charge in [0.25, 0.3) is 0 Å². The maximum absolute atomic E-state index is 12.0. The lowest BCUT2D eigenvalue weighted by Gasteiger charge is -2.18. The fourth-order valence-corrected chi connectivity index (χ4v) is 3.68. The van der Waals surface area contributed by atoms with E-state index in [1.54, 1.807) is 0 Å². The van der Waals surface area contributed by atoms with Gasteiger partial charge in [0.15, 0.2) is 0 Å². The zero-order chi connectivity index (χ0) is 18.6. The van der Waals surface area contributed by atoms with Crippen molar-refractivity contribution in [2.24, 2.45) is 5.92 Å². The molecule has 3 nitrogen and oxygen atoms in total. The van der Waals surface area contributed by atoms with Crippen LogP contribution in [-0.4, -0.2) is 23.5 Å². The van der Waals surface area contributed by atoms with Crippen molar-refractivity contribution in [1.82, 2.24) is 10.6 Å². The smallest absolute Gasteiger partial charge is 0.314 e. The van der Waals surface area contributed by atoms with Crippen LogP contribution in [0.15, 0.2) is 0 Å². The Labute approximate surface area is 171 Å². The number of carbonyl (C=O) groups is 1. The number of nitrogens with one attached hydrogen (secondary N) is 2. The van der Waals surface area contributed by atoms with E-state index in [1.165, 1.54) is 87.9 Å². The first-order valence-electron chi connectivity index (χ1n) is 10.8. The van der Waals surface area contributed by atoms with Gasteiger partial charge in [0.1, 0.15) is 0 Å². The summed E-state index contributed by atoms with van der Waals surface area (Å²) >= 11 is 2.42. The van der Waals surface area contributed by atoms with Crippen molar-refractivity contribution in [2.75, 3.05) is 17.5 Å². The van der Waals surface area contributed by atoms with E-state index in [-0.39, 0.29) is 6.03 Å². The minimum Gasteiger partial charge on any atom is -0.338 e. The van der Waals surface area contributed by atoms with Gasteiger partial charge in [-0.25, -0.2) is 4.79 Å². The largest absolute Gasteiger partial charge is 0.338 e. The Morgan fingerprint density at radius 1 is 0.760 bits per heavy atom. The first-order chi connectivity index (χ1) is 12.2. The molecule has 4 heteroatoms. The molecule has 0 aromatic heterocycles. The number of rotatable bonds is 18. The molecular formula is C21H43IN2O. The third kappa shape index (κ3) is 18.6. The van der Waals surface area contributed by atoms with Crippen LogP contribution in [0.25, 0.3) is 0 Å². The Morgan fingerprint density at radius 2 is 1.32 bits per heavy atom. The lowest BCUT2D eigenvalue weighted by atomic mass is 9.94. The Kier molecular flexibility index (Phi) is 20.3. The van der Waals surface area contributed by atoms with Crippen LogP contribution < -0.4 is 10.6 Å². The summed E-state index contributed by atoms with van der Waals surface area (Å²) in [4.78, 5) is 12.0. The average Bonchev–Trinajstić information content (AvgIpc) is 2.62. The average molecular weight is 466 g/mol. The molecule has 0 saturated heterocycles. The molecule has 0 aromatic carbocycles. The maximum atomic E-state index is 12.0. The van der Waals surface area contributed by atoms with Crippen LogP contribution >= 0.6 is 22.6 Å². The van der Waals surface area contributed by atoms with Gasteiger partial charge < -0.3 is 10.6 Å². The van der Waals surface area contributed by atoms with Crippen molar-refractivity contribution in [3.63, 3.8) is 0 Å².